The van der Waals surface area contributed by atoms with E-state index in [0.717, 1.165) is 54.0 Å². The average Bonchev–Trinajstić information content (AvgIpc) is 3.05. The molecule has 1 N–H and O–H groups in total. The first-order chi connectivity index (χ1) is 12.0. The third-order valence-electron chi connectivity index (χ3n) is 4.74. The van der Waals surface area contributed by atoms with Gasteiger partial charge >= 0.3 is 0 Å². The number of aryl methyl sites for hydroxylation is 1. The van der Waals surface area contributed by atoms with Crippen LogP contribution in [-0.2, 0) is 12.8 Å². The van der Waals surface area contributed by atoms with Gasteiger partial charge in [0, 0.05) is 17.1 Å². The number of anilines is 2. The molecule has 2 aliphatic rings. The fourth-order valence-electron chi connectivity index (χ4n) is 3.50. The Morgan fingerprint density at radius 3 is 2.76 bits per heavy atom. The van der Waals surface area contributed by atoms with Gasteiger partial charge in [-0.25, -0.2) is 4.39 Å². The monoisotopic (exact) mass is 354 g/mol. The van der Waals surface area contributed by atoms with Gasteiger partial charge in [0.2, 0.25) is 0 Å². The van der Waals surface area contributed by atoms with Crippen LogP contribution < -0.4 is 5.32 Å². The van der Waals surface area contributed by atoms with Crippen LogP contribution in [0.2, 0.25) is 0 Å². The highest BCUT2D eigenvalue weighted by Crippen LogP contribution is 2.36. The molecular weight excluding hydrogens is 335 g/mol. The van der Waals surface area contributed by atoms with E-state index in [-0.39, 0.29) is 10.7 Å². The maximum absolute atomic E-state index is 13.2. The van der Waals surface area contributed by atoms with Gasteiger partial charge in [-0.1, -0.05) is 18.2 Å². The van der Waals surface area contributed by atoms with Crippen LogP contribution in [0.25, 0.3) is 5.57 Å². The number of allylic oxidation sites excluding steroid dienone is 4. The molecular formula is C21H20ClFN2. The number of benzene rings is 1. The molecule has 1 unspecified atom stereocenters. The average molecular weight is 355 g/mol. The molecule has 0 fully saturated rings. The fourth-order valence-corrected chi connectivity index (χ4v) is 3.70. The van der Waals surface area contributed by atoms with Gasteiger partial charge in [0.1, 0.15) is 5.82 Å². The van der Waals surface area contributed by atoms with Crippen LogP contribution in [0.3, 0.4) is 0 Å². The van der Waals surface area contributed by atoms with E-state index in [0.29, 0.717) is 0 Å². The number of hydrogen-bond acceptors (Lipinski definition) is 2. The molecule has 2 nitrogen and oxygen atoms in total. The van der Waals surface area contributed by atoms with E-state index in [9.17, 15) is 4.39 Å². The lowest BCUT2D eigenvalue weighted by Gasteiger charge is -2.21. The van der Waals surface area contributed by atoms with E-state index in [2.05, 4.69) is 29.6 Å². The second-order valence-corrected chi connectivity index (χ2v) is 7.81. The van der Waals surface area contributed by atoms with Crippen molar-refractivity contribution in [1.82, 2.24) is 4.98 Å². The van der Waals surface area contributed by atoms with E-state index in [1.807, 2.05) is 6.92 Å². The maximum Gasteiger partial charge on any atom is 0.123 e. The van der Waals surface area contributed by atoms with Gasteiger partial charge in [0.05, 0.1) is 10.6 Å². The van der Waals surface area contributed by atoms with Crippen molar-refractivity contribution in [2.45, 2.75) is 37.5 Å². The van der Waals surface area contributed by atoms with Crippen LogP contribution in [0, 0.1) is 5.82 Å². The Morgan fingerprint density at radius 2 is 2.00 bits per heavy atom. The molecule has 1 heterocycles. The van der Waals surface area contributed by atoms with Gasteiger partial charge in [0.25, 0.3) is 0 Å². The van der Waals surface area contributed by atoms with Crippen LogP contribution in [-0.4, -0.2) is 9.86 Å². The Kier molecular flexibility index (Phi) is 4.12. The van der Waals surface area contributed by atoms with E-state index < -0.39 is 0 Å². The van der Waals surface area contributed by atoms with Crippen LogP contribution in [0.1, 0.15) is 36.7 Å². The standard InChI is InChI=1S/C21H20ClFN2/c1-21(22)11-3-4-14(13-21)19-12-20(17-5-2-6-18(17)25-19)24-16-9-7-15(23)8-10-16/h3-4,7-10,12-13H,2,5-6,11H2,1H3,(H,24,25). The number of fused-ring (bicyclic) bond motifs is 1. The van der Waals surface area contributed by atoms with Crippen LogP contribution in [0.5, 0.6) is 0 Å². The van der Waals surface area contributed by atoms with Crippen molar-refractivity contribution in [3.8, 4) is 0 Å². The number of rotatable bonds is 3. The van der Waals surface area contributed by atoms with E-state index in [1.165, 1.54) is 17.7 Å². The summed E-state index contributed by atoms with van der Waals surface area (Å²) in [7, 11) is 0. The topological polar surface area (TPSA) is 24.9 Å². The Balaban J connectivity index is 1.74. The molecule has 4 rings (SSSR count). The first-order valence-corrected chi connectivity index (χ1v) is 9.02. The largest absolute Gasteiger partial charge is 0.355 e. The lowest BCUT2D eigenvalue weighted by molar-refractivity contribution is 0.628. The number of aromatic nitrogens is 1. The van der Waals surface area contributed by atoms with Gasteiger partial charge in [-0.15, -0.1) is 11.6 Å². The van der Waals surface area contributed by atoms with E-state index in [1.54, 1.807) is 12.1 Å². The summed E-state index contributed by atoms with van der Waals surface area (Å²) in [4.78, 5) is 4.51. The Hall–Kier alpha value is -2.13. The second-order valence-electron chi connectivity index (χ2n) is 6.95. The van der Waals surface area contributed by atoms with Gasteiger partial charge < -0.3 is 5.32 Å². The molecule has 1 atom stereocenters. The molecule has 0 spiro atoms. The Morgan fingerprint density at radius 1 is 1.20 bits per heavy atom. The van der Waals surface area contributed by atoms with Gasteiger partial charge in [-0.2, -0.15) is 0 Å². The van der Waals surface area contributed by atoms with Crippen molar-refractivity contribution in [2.24, 2.45) is 0 Å². The molecule has 0 bridgehead atoms. The highest BCUT2D eigenvalue weighted by atomic mass is 35.5. The third kappa shape index (κ3) is 3.47. The predicted octanol–water partition coefficient (Wildman–Crippen LogP) is 5.79. The van der Waals surface area contributed by atoms with Crippen molar-refractivity contribution in [1.29, 1.82) is 0 Å². The van der Waals surface area contributed by atoms with Gasteiger partial charge in [-0.3, -0.25) is 4.98 Å². The number of halogens is 2. The van der Waals surface area contributed by atoms with Crippen molar-refractivity contribution < 1.29 is 4.39 Å². The first kappa shape index (κ1) is 16.3. The minimum absolute atomic E-state index is 0.231. The van der Waals surface area contributed by atoms with Crippen LogP contribution in [0.4, 0.5) is 15.8 Å². The predicted molar refractivity (Wildman–Crippen MR) is 102 cm³/mol. The number of alkyl halides is 1. The highest BCUT2D eigenvalue weighted by Gasteiger charge is 2.23. The highest BCUT2D eigenvalue weighted by molar-refractivity contribution is 6.25. The second kappa shape index (κ2) is 6.30. The molecule has 0 saturated carbocycles. The summed E-state index contributed by atoms with van der Waals surface area (Å²) in [6.45, 7) is 2.02. The molecule has 0 amide bonds. The summed E-state index contributed by atoms with van der Waals surface area (Å²) in [6.07, 6.45) is 10.2. The summed E-state index contributed by atoms with van der Waals surface area (Å²) in [5.74, 6) is -0.231. The smallest absolute Gasteiger partial charge is 0.123 e. The zero-order chi connectivity index (χ0) is 17.4. The molecule has 1 aromatic heterocycles. The molecule has 128 valence electrons. The van der Waals surface area contributed by atoms with Gasteiger partial charge in [-0.05, 0) is 74.1 Å². The van der Waals surface area contributed by atoms with Crippen LogP contribution in [0.15, 0.2) is 48.6 Å². The Labute approximate surface area is 152 Å². The third-order valence-corrected chi connectivity index (χ3v) is 5.00. The number of pyridine rings is 1. The lowest BCUT2D eigenvalue weighted by atomic mass is 9.94. The fraction of sp³-hybridized carbons (Fsp3) is 0.286. The molecule has 0 aliphatic heterocycles. The molecule has 0 radical (unpaired) electrons. The SMILES string of the molecule is CC1(Cl)C=C(c2cc(Nc3ccc(F)cc3)c3c(n2)CCC3)C=CC1. The normalized spacial score (nSPS) is 21.8. The molecule has 1 aromatic carbocycles. The summed E-state index contributed by atoms with van der Waals surface area (Å²) in [6, 6.07) is 8.53. The minimum atomic E-state index is -0.366. The number of nitrogens with one attached hydrogen (secondary N) is 1. The summed E-state index contributed by atoms with van der Waals surface area (Å²) in [5, 5.41) is 3.44. The van der Waals surface area contributed by atoms with Gasteiger partial charge in [0.15, 0.2) is 0 Å². The van der Waals surface area contributed by atoms with E-state index >= 15 is 0 Å². The molecule has 2 aromatic rings. The first-order valence-electron chi connectivity index (χ1n) is 8.64. The summed E-state index contributed by atoms with van der Waals surface area (Å²) >= 11 is 6.51. The molecule has 0 saturated heterocycles. The molecule has 4 heteroatoms. The molecule has 25 heavy (non-hydrogen) atoms. The number of hydrogen-bond donors (Lipinski definition) is 1. The zero-order valence-electron chi connectivity index (χ0n) is 14.2. The number of nitrogens with zero attached hydrogens (tertiary/aromatic N) is 1. The quantitative estimate of drug-likeness (QED) is 0.705. The maximum atomic E-state index is 13.2. The minimum Gasteiger partial charge on any atom is -0.355 e. The molecule has 2 aliphatic carbocycles. The zero-order valence-corrected chi connectivity index (χ0v) is 14.9. The summed E-state index contributed by atoms with van der Waals surface area (Å²) in [5.41, 5.74) is 6.34. The van der Waals surface area contributed by atoms with E-state index in [4.69, 9.17) is 16.6 Å². The lowest BCUT2D eigenvalue weighted by Crippen LogP contribution is -2.14. The Bertz CT molecular complexity index is 866. The van der Waals surface area contributed by atoms with Crippen molar-refractivity contribution in [3.63, 3.8) is 0 Å². The van der Waals surface area contributed by atoms with Crippen molar-refractivity contribution in [3.05, 3.63) is 71.3 Å². The van der Waals surface area contributed by atoms with Crippen LogP contribution >= 0.6 is 11.6 Å². The van der Waals surface area contributed by atoms with Crippen molar-refractivity contribution in [2.75, 3.05) is 5.32 Å². The van der Waals surface area contributed by atoms with Crippen molar-refractivity contribution >= 4 is 28.5 Å². The summed E-state index contributed by atoms with van der Waals surface area (Å²) < 4.78 is 13.2.